The first-order chi connectivity index (χ1) is 13.2. The smallest absolute Gasteiger partial charge is 0.197 e. The summed E-state index contributed by atoms with van der Waals surface area (Å²) >= 11 is 0. The monoisotopic (exact) mass is 366 g/mol. The molecule has 0 aliphatic heterocycles. The van der Waals surface area contributed by atoms with Crippen molar-refractivity contribution < 1.29 is 14.2 Å². The van der Waals surface area contributed by atoms with Crippen molar-refractivity contribution in [2.45, 2.75) is 51.2 Å². The number of rotatable bonds is 9. The van der Waals surface area contributed by atoms with Gasteiger partial charge in [0.25, 0.3) is 0 Å². The fourth-order valence-corrected chi connectivity index (χ4v) is 3.55. The Morgan fingerprint density at radius 3 is 2.26 bits per heavy atom. The Kier molecular flexibility index (Phi) is 7.35. The van der Waals surface area contributed by atoms with Crippen LogP contribution in [0.3, 0.4) is 0 Å². The maximum atomic E-state index is 5.79. The normalized spacial score (nSPS) is 15.9. The lowest BCUT2D eigenvalue weighted by Crippen LogP contribution is -2.19. The molecule has 27 heavy (non-hydrogen) atoms. The molecule has 1 atom stereocenters. The largest absolute Gasteiger partial charge is 0.491 e. The molecule has 1 aliphatic carbocycles. The molecule has 0 N–H and O–H groups in total. The fourth-order valence-electron chi connectivity index (χ4n) is 3.55. The number of hydrogen-bond acceptors (Lipinski definition) is 3. The zero-order valence-electron chi connectivity index (χ0n) is 16.2. The first kappa shape index (κ1) is 19.5. The quantitative estimate of drug-likeness (QED) is 0.391. The van der Waals surface area contributed by atoms with E-state index in [2.05, 4.69) is 30.8 Å². The topological polar surface area (TPSA) is 27.7 Å². The predicted molar refractivity (Wildman–Crippen MR) is 110 cm³/mol. The number of benzene rings is 2. The van der Waals surface area contributed by atoms with E-state index in [0.717, 1.165) is 23.0 Å². The zero-order chi connectivity index (χ0) is 18.9. The average Bonchev–Trinajstić information content (AvgIpc) is 2.73. The molecule has 3 nitrogen and oxygen atoms in total. The zero-order valence-corrected chi connectivity index (χ0v) is 16.2. The molecule has 2 aromatic rings. The Balaban J connectivity index is 1.35. The molecule has 1 fully saturated rings. The molecule has 0 heterocycles. The Morgan fingerprint density at radius 1 is 0.926 bits per heavy atom. The Bertz CT molecular complexity index is 685. The van der Waals surface area contributed by atoms with E-state index in [1.807, 2.05) is 37.3 Å². The van der Waals surface area contributed by atoms with E-state index in [1.165, 1.54) is 37.7 Å². The first-order valence-corrected chi connectivity index (χ1v) is 9.98. The second kappa shape index (κ2) is 10.2. The van der Waals surface area contributed by atoms with E-state index in [4.69, 9.17) is 14.2 Å². The minimum Gasteiger partial charge on any atom is -0.491 e. The molecule has 2 aromatic carbocycles. The van der Waals surface area contributed by atoms with Gasteiger partial charge in [-0.25, -0.2) is 0 Å². The summed E-state index contributed by atoms with van der Waals surface area (Å²) in [5, 5.41) is 0. The molecular weight excluding hydrogens is 336 g/mol. The third-order valence-electron chi connectivity index (χ3n) is 5.08. The lowest BCUT2D eigenvalue weighted by molar-refractivity contribution is -0.0739. The molecule has 0 bridgehead atoms. The Labute approximate surface area is 163 Å². The van der Waals surface area contributed by atoms with Crippen LogP contribution < -0.4 is 9.47 Å². The lowest BCUT2D eigenvalue weighted by Gasteiger charge is -2.22. The van der Waals surface area contributed by atoms with Gasteiger partial charge in [0.2, 0.25) is 0 Å². The molecule has 1 saturated carbocycles. The van der Waals surface area contributed by atoms with Gasteiger partial charge in [-0.05, 0) is 61.1 Å². The van der Waals surface area contributed by atoms with Crippen LogP contribution in [0.15, 0.2) is 55.1 Å². The Hall–Kier alpha value is -2.26. The SMILES string of the molecule is C=Cc1ccc(OC(C)OCCOc2ccc(C3CCCCC3)cc2)cc1. The molecule has 0 spiro atoms. The van der Waals surface area contributed by atoms with E-state index in [0.29, 0.717) is 13.2 Å². The van der Waals surface area contributed by atoms with Crippen LogP contribution in [-0.2, 0) is 4.74 Å². The van der Waals surface area contributed by atoms with Crippen LogP contribution in [0.25, 0.3) is 6.08 Å². The molecule has 1 unspecified atom stereocenters. The molecular formula is C24H30O3. The van der Waals surface area contributed by atoms with Crippen LogP contribution in [0.1, 0.15) is 56.1 Å². The van der Waals surface area contributed by atoms with Crippen molar-refractivity contribution in [1.29, 1.82) is 0 Å². The maximum absolute atomic E-state index is 5.79. The van der Waals surface area contributed by atoms with Crippen LogP contribution in [-0.4, -0.2) is 19.5 Å². The van der Waals surface area contributed by atoms with Crippen molar-refractivity contribution in [2.24, 2.45) is 0 Å². The van der Waals surface area contributed by atoms with Gasteiger partial charge in [0.05, 0.1) is 6.61 Å². The minimum atomic E-state index is -0.322. The van der Waals surface area contributed by atoms with Crippen LogP contribution in [0.4, 0.5) is 0 Å². The summed E-state index contributed by atoms with van der Waals surface area (Å²) in [6.07, 6.45) is 8.24. The summed E-state index contributed by atoms with van der Waals surface area (Å²) < 4.78 is 17.2. The summed E-state index contributed by atoms with van der Waals surface area (Å²) in [6, 6.07) is 16.3. The minimum absolute atomic E-state index is 0.322. The van der Waals surface area contributed by atoms with Crippen molar-refractivity contribution in [3.8, 4) is 11.5 Å². The molecule has 0 amide bonds. The van der Waals surface area contributed by atoms with Crippen molar-refractivity contribution in [3.63, 3.8) is 0 Å². The summed E-state index contributed by atoms with van der Waals surface area (Å²) in [7, 11) is 0. The highest BCUT2D eigenvalue weighted by Crippen LogP contribution is 2.33. The van der Waals surface area contributed by atoms with Gasteiger partial charge in [0, 0.05) is 0 Å². The van der Waals surface area contributed by atoms with Crippen molar-refractivity contribution >= 4 is 6.08 Å². The predicted octanol–water partition coefficient (Wildman–Crippen LogP) is 6.20. The fraction of sp³-hybridized carbons (Fsp3) is 0.417. The molecule has 0 aromatic heterocycles. The lowest BCUT2D eigenvalue weighted by atomic mass is 9.84. The maximum Gasteiger partial charge on any atom is 0.197 e. The molecule has 3 heteroatoms. The van der Waals surface area contributed by atoms with Crippen LogP contribution in [0.5, 0.6) is 11.5 Å². The van der Waals surface area contributed by atoms with Gasteiger partial charge in [0.1, 0.15) is 18.1 Å². The van der Waals surface area contributed by atoms with Crippen molar-refractivity contribution in [1.82, 2.24) is 0 Å². The van der Waals surface area contributed by atoms with Crippen molar-refractivity contribution in [3.05, 3.63) is 66.2 Å². The van der Waals surface area contributed by atoms with Crippen LogP contribution >= 0.6 is 0 Å². The van der Waals surface area contributed by atoms with E-state index in [-0.39, 0.29) is 6.29 Å². The van der Waals surface area contributed by atoms with Gasteiger partial charge in [-0.1, -0.05) is 56.2 Å². The van der Waals surface area contributed by atoms with E-state index >= 15 is 0 Å². The molecule has 3 rings (SSSR count). The van der Waals surface area contributed by atoms with Crippen LogP contribution in [0.2, 0.25) is 0 Å². The second-order valence-electron chi connectivity index (χ2n) is 7.08. The van der Waals surface area contributed by atoms with Gasteiger partial charge in [-0.15, -0.1) is 0 Å². The highest BCUT2D eigenvalue weighted by atomic mass is 16.7. The van der Waals surface area contributed by atoms with Crippen LogP contribution in [0, 0.1) is 0 Å². The number of ether oxygens (including phenoxy) is 3. The summed E-state index contributed by atoms with van der Waals surface area (Å²) in [6.45, 7) is 6.62. The summed E-state index contributed by atoms with van der Waals surface area (Å²) in [5.74, 6) is 2.41. The van der Waals surface area contributed by atoms with E-state index < -0.39 is 0 Å². The molecule has 0 radical (unpaired) electrons. The van der Waals surface area contributed by atoms with E-state index in [9.17, 15) is 0 Å². The van der Waals surface area contributed by atoms with Gasteiger partial charge >= 0.3 is 0 Å². The van der Waals surface area contributed by atoms with Gasteiger partial charge in [-0.3, -0.25) is 0 Å². The van der Waals surface area contributed by atoms with Gasteiger partial charge in [0.15, 0.2) is 6.29 Å². The second-order valence-corrected chi connectivity index (χ2v) is 7.08. The third kappa shape index (κ3) is 6.14. The van der Waals surface area contributed by atoms with Gasteiger partial charge < -0.3 is 14.2 Å². The van der Waals surface area contributed by atoms with Crippen molar-refractivity contribution in [2.75, 3.05) is 13.2 Å². The number of hydrogen-bond donors (Lipinski definition) is 0. The highest BCUT2D eigenvalue weighted by Gasteiger charge is 2.15. The standard InChI is InChI=1S/C24H30O3/c1-3-20-9-13-24(14-10-20)27-19(2)25-17-18-26-23-15-11-22(12-16-23)21-7-5-4-6-8-21/h3,9-16,19,21H,1,4-8,17-18H2,2H3. The first-order valence-electron chi connectivity index (χ1n) is 9.98. The summed E-state index contributed by atoms with van der Waals surface area (Å²) in [4.78, 5) is 0. The average molecular weight is 367 g/mol. The van der Waals surface area contributed by atoms with E-state index in [1.54, 1.807) is 0 Å². The molecule has 0 saturated heterocycles. The molecule has 144 valence electrons. The highest BCUT2D eigenvalue weighted by molar-refractivity contribution is 5.48. The third-order valence-corrected chi connectivity index (χ3v) is 5.08. The molecule has 1 aliphatic rings. The van der Waals surface area contributed by atoms with Gasteiger partial charge in [-0.2, -0.15) is 0 Å². The Morgan fingerprint density at radius 2 is 1.59 bits per heavy atom. The summed E-state index contributed by atoms with van der Waals surface area (Å²) in [5.41, 5.74) is 2.52.